The Hall–Kier alpha value is -6.70. The maximum absolute atomic E-state index is 5.42. The standard InChI is InChI=1S/2C37H36O2Si.2ClH.Zr/c2*1-24-22-34-30(26-14-18-28(38-3)19-15-26)10-6-8-12-32(34)36(24)40(5)37-25(2)23-35-31(11-7-9-13-33(35)37)27-16-20-29(39-4)21-17-27;;;/h2*6-23,30-31,40H,1-5H3;2*1H;/q2*-2;;;+2/p-2. The van der Waals surface area contributed by atoms with E-state index in [4.69, 9.17) is 36.0 Å². The first-order valence-electron chi connectivity index (χ1n) is 28.5. The van der Waals surface area contributed by atoms with Crippen molar-refractivity contribution in [3.8, 4) is 23.0 Å². The molecule has 8 aromatic carbocycles. The van der Waals surface area contributed by atoms with Crippen molar-refractivity contribution in [1.82, 2.24) is 0 Å². The van der Waals surface area contributed by atoms with E-state index in [0.717, 1.165) is 23.0 Å². The quantitative estimate of drug-likeness (QED) is 0.0902. The third kappa shape index (κ3) is 12.3. The van der Waals surface area contributed by atoms with Gasteiger partial charge in [0.1, 0.15) is 23.0 Å². The van der Waals surface area contributed by atoms with E-state index in [9.17, 15) is 0 Å². The van der Waals surface area contributed by atoms with Crippen LogP contribution in [0.5, 0.6) is 23.0 Å². The molecule has 422 valence electrons. The fraction of sp³-hybridized carbons (Fsp3) is 0.189. The van der Waals surface area contributed by atoms with E-state index in [1.165, 1.54) is 89.0 Å². The van der Waals surface area contributed by atoms with Crippen LogP contribution in [-0.4, -0.2) is 46.0 Å². The second-order valence-electron chi connectivity index (χ2n) is 21.9. The van der Waals surface area contributed by atoms with E-state index in [1.807, 2.05) is 0 Å². The Kier molecular flexibility index (Phi) is 19.3. The Morgan fingerprint density at radius 2 is 0.530 bits per heavy atom. The first kappa shape index (κ1) is 59.5. The van der Waals surface area contributed by atoms with Gasteiger partial charge in [0.15, 0.2) is 0 Å². The zero-order chi connectivity index (χ0) is 58.3. The van der Waals surface area contributed by atoms with Gasteiger partial charge in [0.05, 0.1) is 28.4 Å². The molecule has 0 saturated carbocycles. The van der Waals surface area contributed by atoms with Crippen LogP contribution in [-0.2, 0) is 20.8 Å². The van der Waals surface area contributed by atoms with Crippen LogP contribution in [0.2, 0.25) is 13.1 Å². The molecule has 0 amide bonds. The molecule has 9 heteroatoms. The van der Waals surface area contributed by atoms with Gasteiger partial charge >= 0.3 is 37.9 Å². The van der Waals surface area contributed by atoms with Gasteiger partial charge in [-0.2, -0.15) is 68.8 Å². The van der Waals surface area contributed by atoms with Crippen molar-refractivity contribution in [2.45, 2.75) is 64.5 Å². The zero-order valence-corrected chi connectivity index (χ0v) is 55.4. The molecule has 0 radical (unpaired) electrons. The van der Waals surface area contributed by atoms with Gasteiger partial charge in [-0.1, -0.05) is 138 Å². The minimum absolute atomic E-state index is 0.228. The molecule has 4 unspecified atom stereocenters. The number of methoxy groups -OCH3 is 4. The van der Waals surface area contributed by atoms with E-state index < -0.39 is 38.4 Å². The van der Waals surface area contributed by atoms with Crippen LogP contribution in [0.15, 0.2) is 194 Å². The van der Waals surface area contributed by atoms with Gasteiger partial charge in [-0.05, 0) is 94.5 Å². The molecule has 83 heavy (non-hydrogen) atoms. The fourth-order valence-electron chi connectivity index (χ4n) is 13.5. The number of aryl methyl sites for hydroxylation is 4. The van der Waals surface area contributed by atoms with Gasteiger partial charge in [-0.15, -0.1) is 91.6 Å². The van der Waals surface area contributed by atoms with Crippen molar-refractivity contribution in [3.63, 3.8) is 0 Å². The molecule has 4 nitrogen and oxygen atoms in total. The summed E-state index contributed by atoms with van der Waals surface area (Å²) in [6, 6.07) is 43.9. The van der Waals surface area contributed by atoms with Crippen LogP contribution in [0.3, 0.4) is 0 Å². The predicted octanol–water partition coefficient (Wildman–Crippen LogP) is 15.7. The third-order valence-corrected chi connectivity index (χ3v) is 23.8. The van der Waals surface area contributed by atoms with E-state index in [2.05, 4.69) is 259 Å². The number of rotatable bonds is 12. The number of benzene rings is 4. The minimum atomic E-state index is -1.54. The second-order valence-corrected chi connectivity index (χ2v) is 30.9. The van der Waals surface area contributed by atoms with E-state index >= 15 is 0 Å². The summed E-state index contributed by atoms with van der Waals surface area (Å²) in [6.45, 7) is 14.3. The molecule has 0 aromatic heterocycles. The number of hydrogen-bond acceptors (Lipinski definition) is 4. The molecule has 12 rings (SSSR count). The topological polar surface area (TPSA) is 36.9 Å². The van der Waals surface area contributed by atoms with Crippen LogP contribution in [0.4, 0.5) is 0 Å². The molecule has 8 aromatic rings. The summed E-state index contributed by atoms with van der Waals surface area (Å²) < 4.78 is 21.7. The summed E-state index contributed by atoms with van der Waals surface area (Å²) in [5, 5.41) is 6.27. The summed E-state index contributed by atoms with van der Waals surface area (Å²) in [7, 11) is 13.7. The van der Waals surface area contributed by atoms with Crippen molar-refractivity contribution in [2.24, 2.45) is 0 Å². The van der Waals surface area contributed by atoms with Crippen LogP contribution in [0.1, 0.15) is 113 Å². The van der Waals surface area contributed by atoms with Crippen molar-refractivity contribution in [1.29, 1.82) is 0 Å². The zero-order valence-electron chi connectivity index (χ0n) is 49.1. The molecule has 0 aliphatic heterocycles. The van der Waals surface area contributed by atoms with E-state index in [0.29, 0.717) is 0 Å². The van der Waals surface area contributed by atoms with Crippen LogP contribution < -0.4 is 39.7 Å². The SMILES string of the molecule is COc1ccc(C2C=CC=Cc3c2cc(C)[c-]3[SiH](C)[c-]2c(C)cc3c2C=CC=CC3c2ccc(OC)cc2)cc1.COc1ccc(C2C=CC=Cc3c2cc(C)[c-]3[SiH](C)[c-]2c(C)cc3c2C=CC=CC3c2ccc(OC)cc2)cc1.[Cl][Zr][Cl]. The number of hydrogen-bond donors (Lipinski definition) is 0. The van der Waals surface area contributed by atoms with Crippen LogP contribution in [0.25, 0.3) is 24.3 Å². The number of allylic oxidation sites excluding steroid dienone is 12. The molecular weight excluding hydrogens is 1170 g/mol. The fourth-order valence-corrected chi connectivity index (χ4v) is 20.1. The summed E-state index contributed by atoms with van der Waals surface area (Å²) >= 11 is -0.826. The average Bonchev–Trinajstić information content (AvgIpc) is 3.95. The van der Waals surface area contributed by atoms with Crippen molar-refractivity contribution in [3.05, 3.63) is 283 Å². The van der Waals surface area contributed by atoms with Gasteiger partial charge in [-0.25, -0.2) is 0 Å². The Morgan fingerprint density at radius 3 is 0.711 bits per heavy atom. The second kappa shape index (κ2) is 26.9. The maximum atomic E-state index is 5.42. The number of halogens is 2. The van der Waals surface area contributed by atoms with Gasteiger partial charge in [-0.3, -0.25) is 0 Å². The molecule has 0 N–H and O–H groups in total. The van der Waals surface area contributed by atoms with Gasteiger partial charge in [0.25, 0.3) is 0 Å². The summed E-state index contributed by atoms with van der Waals surface area (Å²) in [5.74, 6) is 4.48. The average molecular weight is 1240 g/mol. The van der Waals surface area contributed by atoms with Gasteiger partial charge in [0.2, 0.25) is 0 Å². The predicted molar refractivity (Wildman–Crippen MR) is 355 cm³/mol. The molecule has 4 aliphatic carbocycles. The van der Waals surface area contributed by atoms with Gasteiger partial charge in [0, 0.05) is 17.6 Å². The molecule has 0 saturated heterocycles. The molecule has 4 aliphatic rings. The van der Waals surface area contributed by atoms with Gasteiger partial charge < -0.3 is 18.9 Å². The number of ether oxygens (including phenoxy) is 4. The monoisotopic (exact) mass is 1240 g/mol. The Morgan fingerprint density at radius 1 is 0.337 bits per heavy atom. The Labute approximate surface area is 514 Å². The first-order valence-corrected chi connectivity index (χ1v) is 39.5. The molecule has 0 bridgehead atoms. The Balaban J connectivity index is 0.000000177. The molecule has 4 atom stereocenters. The Bertz CT molecular complexity index is 3320. The molecule has 0 fully saturated rings. The van der Waals surface area contributed by atoms with Crippen molar-refractivity contribution < 1.29 is 39.8 Å². The van der Waals surface area contributed by atoms with Crippen molar-refractivity contribution >= 4 is 79.7 Å². The van der Waals surface area contributed by atoms with Crippen molar-refractivity contribution in [2.75, 3.05) is 28.4 Å². The summed E-state index contributed by atoms with van der Waals surface area (Å²) in [4.78, 5) is 0. The summed E-state index contributed by atoms with van der Waals surface area (Å²) in [5.41, 5.74) is 22.1. The normalized spacial score (nSPS) is 17.6. The molecular formula is C74H72Cl2O4Si2Zr-4. The molecule has 0 spiro atoms. The summed E-state index contributed by atoms with van der Waals surface area (Å²) in [6.07, 6.45) is 36.4. The van der Waals surface area contributed by atoms with E-state index in [-0.39, 0.29) is 23.7 Å². The van der Waals surface area contributed by atoms with E-state index in [1.54, 1.807) is 49.2 Å². The third-order valence-electron chi connectivity index (χ3n) is 17.3. The molecule has 0 heterocycles. The van der Waals surface area contributed by atoms with Crippen LogP contribution in [0, 0.1) is 27.7 Å². The number of fused-ring (bicyclic) bond motifs is 4. The van der Waals surface area contributed by atoms with Crippen LogP contribution >= 0.6 is 17.0 Å². The first-order chi connectivity index (χ1) is 40.4.